The summed E-state index contributed by atoms with van der Waals surface area (Å²) in [5, 5.41) is 10.3. The van der Waals surface area contributed by atoms with Gasteiger partial charge in [0.05, 0.1) is 16.0 Å². The third kappa shape index (κ3) is 4.11. The van der Waals surface area contributed by atoms with Gasteiger partial charge in [0.25, 0.3) is 0 Å². The Kier molecular flexibility index (Phi) is 5.69. The molecule has 1 aliphatic rings. The molecular weight excluding hydrogens is 377 g/mol. The van der Waals surface area contributed by atoms with Crippen LogP contribution in [-0.4, -0.2) is 35.2 Å². The Balaban J connectivity index is 1.71. The van der Waals surface area contributed by atoms with Gasteiger partial charge in [-0.15, -0.1) is 0 Å². The van der Waals surface area contributed by atoms with Gasteiger partial charge in [-0.25, -0.2) is 4.79 Å². The number of likely N-dealkylation sites (tertiary alicyclic amines) is 1. The number of aliphatic carboxylic acids is 1. The molecule has 5 nitrogen and oxygen atoms in total. The highest BCUT2D eigenvalue weighted by molar-refractivity contribution is 6.42. The highest BCUT2D eigenvalue weighted by Crippen LogP contribution is 2.36. The second kappa shape index (κ2) is 7.98. The van der Waals surface area contributed by atoms with E-state index in [9.17, 15) is 14.7 Å². The predicted octanol–water partition coefficient (Wildman–Crippen LogP) is 4.43. The van der Waals surface area contributed by atoms with Crippen molar-refractivity contribution in [2.24, 2.45) is 5.92 Å². The van der Waals surface area contributed by atoms with Gasteiger partial charge < -0.3 is 14.7 Å². The molecular formula is C19H17Cl2NO4. The minimum Gasteiger partial charge on any atom is -0.481 e. The monoisotopic (exact) mass is 393 g/mol. The first kappa shape index (κ1) is 18.5. The normalized spacial score (nSPS) is 19.4. The predicted molar refractivity (Wildman–Crippen MR) is 98.5 cm³/mol. The molecule has 0 aromatic heterocycles. The number of ether oxygens (including phenoxy) is 1. The largest absolute Gasteiger partial charge is 0.481 e. The van der Waals surface area contributed by atoms with Gasteiger partial charge in [-0.1, -0.05) is 59.6 Å². The van der Waals surface area contributed by atoms with E-state index < -0.39 is 18.0 Å². The molecule has 0 unspecified atom stereocenters. The lowest BCUT2D eigenvalue weighted by Gasteiger charge is -2.17. The Bertz CT molecular complexity index is 812. The molecule has 0 spiro atoms. The van der Waals surface area contributed by atoms with Crippen LogP contribution in [0.1, 0.15) is 17.0 Å². The molecule has 0 aliphatic carbocycles. The van der Waals surface area contributed by atoms with E-state index in [1.807, 2.05) is 30.3 Å². The van der Waals surface area contributed by atoms with E-state index >= 15 is 0 Å². The zero-order valence-corrected chi connectivity index (χ0v) is 15.3. The summed E-state index contributed by atoms with van der Waals surface area (Å²) in [6.07, 6.45) is -0.525. The molecule has 0 bridgehead atoms. The highest BCUT2D eigenvalue weighted by Gasteiger charge is 2.41. The average molecular weight is 394 g/mol. The second-order valence-electron chi connectivity index (χ2n) is 6.17. The van der Waals surface area contributed by atoms with Crippen molar-refractivity contribution in [3.8, 4) is 0 Å². The first-order valence-electron chi connectivity index (χ1n) is 8.09. The van der Waals surface area contributed by atoms with Gasteiger partial charge >= 0.3 is 12.1 Å². The summed E-state index contributed by atoms with van der Waals surface area (Å²) in [7, 11) is 0. The van der Waals surface area contributed by atoms with Crippen LogP contribution >= 0.6 is 23.2 Å². The van der Waals surface area contributed by atoms with Crippen molar-refractivity contribution in [1.82, 2.24) is 4.90 Å². The van der Waals surface area contributed by atoms with Crippen LogP contribution in [0.15, 0.2) is 48.5 Å². The Labute approximate surface area is 161 Å². The van der Waals surface area contributed by atoms with Crippen molar-refractivity contribution in [2.75, 3.05) is 13.1 Å². The van der Waals surface area contributed by atoms with E-state index in [1.54, 1.807) is 18.2 Å². The number of hydrogen-bond acceptors (Lipinski definition) is 3. The summed E-state index contributed by atoms with van der Waals surface area (Å²) < 4.78 is 5.31. The number of nitrogens with zero attached hydrogens (tertiary/aromatic N) is 1. The van der Waals surface area contributed by atoms with Crippen molar-refractivity contribution < 1.29 is 19.4 Å². The number of carboxylic acids is 1. The Morgan fingerprint density at radius 2 is 1.81 bits per heavy atom. The molecule has 1 fully saturated rings. The number of carbonyl (C=O) groups is 2. The lowest BCUT2D eigenvalue weighted by molar-refractivity contribution is -0.141. The third-order valence-electron chi connectivity index (χ3n) is 4.47. The van der Waals surface area contributed by atoms with E-state index in [4.69, 9.17) is 27.9 Å². The quantitative estimate of drug-likeness (QED) is 0.833. The molecule has 26 heavy (non-hydrogen) atoms. The Morgan fingerprint density at radius 1 is 1.08 bits per heavy atom. The van der Waals surface area contributed by atoms with Gasteiger partial charge in [0.1, 0.15) is 6.61 Å². The van der Waals surface area contributed by atoms with Crippen LogP contribution in [0.2, 0.25) is 10.0 Å². The molecule has 136 valence electrons. The molecule has 0 radical (unpaired) electrons. The first-order chi connectivity index (χ1) is 12.5. The van der Waals surface area contributed by atoms with Gasteiger partial charge in [-0.3, -0.25) is 4.79 Å². The number of carbonyl (C=O) groups excluding carboxylic acids is 1. The molecule has 2 atom stereocenters. The highest BCUT2D eigenvalue weighted by atomic mass is 35.5. The minimum absolute atomic E-state index is 0.0911. The van der Waals surface area contributed by atoms with E-state index in [-0.39, 0.29) is 25.6 Å². The van der Waals surface area contributed by atoms with Crippen LogP contribution in [0.5, 0.6) is 0 Å². The molecule has 1 amide bonds. The van der Waals surface area contributed by atoms with Gasteiger partial charge in [0.15, 0.2) is 0 Å². The fourth-order valence-electron chi connectivity index (χ4n) is 3.09. The molecule has 2 aromatic carbocycles. The number of amides is 1. The van der Waals surface area contributed by atoms with Gasteiger partial charge in [-0.05, 0) is 23.3 Å². The van der Waals surface area contributed by atoms with E-state index in [2.05, 4.69) is 0 Å². The zero-order chi connectivity index (χ0) is 18.7. The van der Waals surface area contributed by atoms with E-state index in [0.717, 1.165) is 11.1 Å². The fraction of sp³-hybridized carbons (Fsp3) is 0.263. The number of benzene rings is 2. The first-order valence-corrected chi connectivity index (χ1v) is 8.84. The van der Waals surface area contributed by atoms with Gasteiger partial charge in [0, 0.05) is 19.0 Å². The van der Waals surface area contributed by atoms with Crippen LogP contribution in [0.3, 0.4) is 0 Å². The van der Waals surface area contributed by atoms with Gasteiger partial charge in [-0.2, -0.15) is 0 Å². The van der Waals surface area contributed by atoms with Crippen molar-refractivity contribution in [2.45, 2.75) is 12.5 Å². The maximum atomic E-state index is 12.3. The number of carboxylic acid groups (broad SMARTS) is 1. The lowest BCUT2D eigenvalue weighted by Crippen LogP contribution is -2.30. The number of halogens is 2. The summed E-state index contributed by atoms with van der Waals surface area (Å²) in [4.78, 5) is 25.4. The topological polar surface area (TPSA) is 66.8 Å². The second-order valence-corrected chi connectivity index (χ2v) is 6.98. The number of rotatable bonds is 4. The minimum atomic E-state index is -0.959. The molecule has 1 heterocycles. The molecule has 2 aromatic rings. The van der Waals surface area contributed by atoms with E-state index in [0.29, 0.717) is 10.0 Å². The summed E-state index contributed by atoms with van der Waals surface area (Å²) in [5.41, 5.74) is 1.61. The van der Waals surface area contributed by atoms with Crippen LogP contribution < -0.4 is 0 Å². The molecule has 3 rings (SSSR count). The van der Waals surface area contributed by atoms with E-state index in [1.165, 1.54) is 4.90 Å². The number of hydrogen-bond donors (Lipinski definition) is 1. The molecule has 1 saturated heterocycles. The molecule has 0 saturated carbocycles. The van der Waals surface area contributed by atoms with Crippen molar-refractivity contribution >= 4 is 35.3 Å². The van der Waals surface area contributed by atoms with Crippen molar-refractivity contribution in [3.05, 3.63) is 69.7 Å². The lowest BCUT2D eigenvalue weighted by atomic mass is 9.89. The summed E-state index contributed by atoms with van der Waals surface area (Å²) in [5.74, 6) is -2.05. The van der Waals surface area contributed by atoms with Crippen LogP contribution in [-0.2, 0) is 16.1 Å². The maximum absolute atomic E-state index is 12.3. The fourth-order valence-corrected chi connectivity index (χ4v) is 3.40. The summed E-state index contributed by atoms with van der Waals surface area (Å²) in [6, 6.07) is 14.3. The smallest absolute Gasteiger partial charge is 0.410 e. The third-order valence-corrected chi connectivity index (χ3v) is 5.21. The average Bonchev–Trinajstić information content (AvgIpc) is 3.09. The molecule has 1 N–H and O–H groups in total. The SMILES string of the molecule is O=C(O)[C@H]1CN(C(=O)OCc2ccccc2)C[C@H]1c1ccc(Cl)c(Cl)c1. The Morgan fingerprint density at radius 3 is 2.46 bits per heavy atom. The zero-order valence-electron chi connectivity index (χ0n) is 13.8. The van der Waals surface area contributed by atoms with Crippen LogP contribution in [0, 0.1) is 5.92 Å². The van der Waals surface area contributed by atoms with Gasteiger partial charge in [0.2, 0.25) is 0 Å². The Hall–Kier alpha value is -2.24. The molecule has 1 aliphatic heterocycles. The molecule has 7 heteroatoms. The standard InChI is InChI=1S/C19H17Cl2NO4/c20-16-7-6-13(8-17(16)21)14-9-22(10-15(14)18(23)24)19(25)26-11-12-4-2-1-3-5-12/h1-8,14-15H,9-11H2,(H,23,24)/t14-,15-/m0/s1. The summed E-state index contributed by atoms with van der Waals surface area (Å²) >= 11 is 12.0. The summed E-state index contributed by atoms with van der Waals surface area (Å²) in [6.45, 7) is 0.488. The van der Waals surface area contributed by atoms with Crippen LogP contribution in [0.25, 0.3) is 0 Å². The van der Waals surface area contributed by atoms with Crippen LogP contribution in [0.4, 0.5) is 4.79 Å². The maximum Gasteiger partial charge on any atom is 0.410 e. The van der Waals surface area contributed by atoms with Crippen molar-refractivity contribution in [1.29, 1.82) is 0 Å². The van der Waals surface area contributed by atoms with Crippen molar-refractivity contribution in [3.63, 3.8) is 0 Å².